The van der Waals surface area contributed by atoms with Crippen LogP contribution >= 0.6 is 0 Å². The third kappa shape index (κ3) is 4.26. The molecule has 1 N–H and O–H groups in total. The Kier molecular flexibility index (Phi) is 5.89. The molecule has 1 aliphatic rings. The Balaban J connectivity index is 2.05. The Labute approximate surface area is 130 Å². The van der Waals surface area contributed by atoms with Gasteiger partial charge in [0.2, 0.25) is 5.91 Å². The minimum Gasteiger partial charge on any atom is -0.343 e. The van der Waals surface area contributed by atoms with Crippen LogP contribution in [0.5, 0.6) is 0 Å². The van der Waals surface area contributed by atoms with Crippen LogP contribution in [0.15, 0.2) is 30.3 Å². The van der Waals surface area contributed by atoms with E-state index >= 15 is 0 Å². The van der Waals surface area contributed by atoms with Crippen molar-refractivity contribution in [2.45, 2.75) is 32.7 Å². The number of nitrogens with zero attached hydrogens (tertiary/aromatic N) is 1. The Hall–Kier alpha value is -1.49. The molecule has 1 aromatic rings. The van der Waals surface area contributed by atoms with E-state index in [0.29, 0.717) is 12.1 Å². The van der Waals surface area contributed by atoms with Crippen LogP contribution in [0.1, 0.15) is 31.9 Å². The molecule has 1 heterocycles. The first kappa shape index (κ1) is 16.9. The number of hydrogen-bond acceptors (Lipinski definition) is 2. The summed E-state index contributed by atoms with van der Waals surface area (Å²) >= 11 is 0. The Morgan fingerprint density at radius 2 is 1.86 bits per heavy atom. The van der Waals surface area contributed by atoms with Crippen molar-refractivity contribution in [1.82, 2.24) is 10.2 Å². The number of halogens is 2. The molecule has 0 saturated carbocycles. The van der Waals surface area contributed by atoms with Gasteiger partial charge < -0.3 is 10.2 Å². The molecule has 1 amide bonds. The molecular formula is C17H24F2N2O. The summed E-state index contributed by atoms with van der Waals surface area (Å²) in [5.74, 6) is -0.420. The number of nitrogens with one attached hydrogen (secondary N) is 1. The number of carbonyl (C=O) groups excluding carboxylic acids is 1. The van der Waals surface area contributed by atoms with E-state index in [9.17, 15) is 13.6 Å². The van der Waals surface area contributed by atoms with Crippen molar-refractivity contribution >= 4 is 5.91 Å². The highest BCUT2D eigenvalue weighted by molar-refractivity contribution is 5.79. The number of hydrogen-bond donors (Lipinski definition) is 1. The zero-order valence-corrected chi connectivity index (χ0v) is 13.1. The smallest absolute Gasteiger partial charge is 0.262 e. The van der Waals surface area contributed by atoms with E-state index in [1.807, 2.05) is 13.8 Å². The summed E-state index contributed by atoms with van der Waals surface area (Å²) < 4.78 is 26.6. The summed E-state index contributed by atoms with van der Waals surface area (Å²) in [6, 6.07) is 7.18. The van der Waals surface area contributed by atoms with Crippen LogP contribution < -0.4 is 5.32 Å². The normalized spacial score (nSPS) is 18.1. The molecule has 1 saturated heterocycles. The van der Waals surface area contributed by atoms with Crippen molar-refractivity contribution in [3.8, 4) is 0 Å². The van der Waals surface area contributed by atoms with E-state index in [1.54, 1.807) is 30.3 Å². The van der Waals surface area contributed by atoms with Crippen LogP contribution in [0.25, 0.3) is 0 Å². The number of rotatable bonds is 7. The van der Waals surface area contributed by atoms with Crippen LogP contribution in [0.3, 0.4) is 0 Å². The maximum absolute atomic E-state index is 13.3. The number of likely N-dealkylation sites (tertiary alicyclic amines) is 1. The summed E-state index contributed by atoms with van der Waals surface area (Å²) in [7, 11) is 0. The highest BCUT2D eigenvalue weighted by atomic mass is 19.3. The van der Waals surface area contributed by atoms with Gasteiger partial charge in [0.25, 0.3) is 6.43 Å². The largest absolute Gasteiger partial charge is 0.343 e. The predicted octanol–water partition coefficient (Wildman–Crippen LogP) is 3.09. The van der Waals surface area contributed by atoms with Gasteiger partial charge in [0.15, 0.2) is 0 Å². The van der Waals surface area contributed by atoms with Gasteiger partial charge in [0.05, 0.1) is 5.92 Å². The van der Waals surface area contributed by atoms with E-state index < -0.39 is 12.5 Å². The van der Waals surface area contributed by atoms with E-state index in [1.165, 1.54) is 0 Å². The fourth-order valence-electron chi connectivity index (χ4n) is 2.65. The number of amides is 1. The second-order valence-corrected chi connectivity index (χ2v) is 6.24. The second kappa shape index (κ2) is 7.68. The summed E-state index contributed by atoms with van der Waals surface area (Å²) in [4.78, 5) is 14.7. The second-order valence-electron chi connectivity index (χ2n) is 6.24. The van der Waals surface area contributed by atoms with Gasteiger partial charge in [-0.2, -0.15) is 0 Å². The molecule has 0 spiro atoms. The molecule has 22 heavy (non-hydrogen) atoms. The first-order chi connectivity index (χ1) is 10.5. The van der Waals surface area contributed by atoms with Crippen molar-refractivity contribution in [3.63, 3.8) is 0 Å². The Bertz CT molecular complexity index is 475. The summed E-state index contributed by atoms with van der Waals surface area (Å²) in [6.45, 7) is 6.56. The van der Waals surface area contributed by atoms with Gasteiger partial charge in [-0.15, -0.1) is 0 Å². The molecule has 2 atom stereocenters. The van der Waals surface area contributed by atoms with E-state index in [2.05, 4.69) is 10.2 Å². The van der Waals surface area contributed by atoms with E-state index in [4.69, 9.17) is 0 Å². The van der Waals surface area contributed by atoms with Gasteiger partial charge in [-0.25, -0.2) is 8.78 Å². The molecule has 0 aliphatic carbocycles. The van der Waals surface area contributed by atoms with Crippen molar-refractivity contribution in [1.29, 1.82) is 0 Å². The van der Waals surface area contributed by atoms with E-state index in [-0.39, 0.29) is 17.7 Å². The SMILES string of the molecule is CC(C)[C@@H](CN1CCC1)C(=O)N[C@@H](c1ccccc1)C(F)F. The summed E-state index contributed by atoms with van der Waals surface area (Å²) in [6.07, 6.45) is -1.47. The maximum Gasteiger partial charge on any atom is 0.262 e. The minimum atomic E-state index is -2.62. The van der Waals surface area contributed by atoms with Gasteiger partial charge in [-0.1, -0.05) is 44.2 Å². The highest BCUT2D eigenvalue weighted by Crippen LogP contribution is 2.23. The van der Waals surface area contributed by atoms with Crippen LogP contribution in [-0.4, -0.2) is 36.9 Å². The molecule has 0 radical (unpaired) electrons. The quantitative estimate of drug-likeness (QED) is 0.839. The molecule has 5 heteroatoms. The molecule has 122 valence electrons. The summed E-state index contributed by atoms with van der Waals surface area (Å²) in [5.41, 5.74) is 0.442. The molecular weight excluding hydrogens is 286 g/mol. The lowest BCUT2D eigenvalue weighted by atomic mass is 9.92. The lowest BCUT2D eigenvalue weighted by molar-refractivity contribution is -0.129. The van der Waals surface area contributed by atoms with Crippen molar-refractivity contribution < 1.29 is 13.6 Å². The van der Waals surface area contributed by atoms with Gasteiger partial charge in [0, 0.05) is 6.54 Å². The lowest BCUT2D eigenvalue weighted by Gasteiger charge is -2.35. The Morgan fingerprint density at radius 3 is 2.32 bits per heavy atom. The predicted molar refractivity (Wildman–Crippen MR) is 82.7 cm³/mol. The maximum atomic E-state index is 13.3. The molecule has 3 nitrogen and oxygen atoms in total. The number of alkyl halides is 2. The molecule has 2 rings (SSSR count). The lowest BCUT2D eigenvalue weighted by Crippen LogP contribution is -2.47. The average Bonchev–Trinajstić information content (AvgIpc) is 2.43. The molecule has 1 aromatic carbocycles. The fraction of sp³-hybridized carbons (Fsp3) is 0.588. The zero-order chi connectivity index (χ0) is 16.1. The van der Waals surface area contributed by atoms with Crippen molar-refractivity contribution in [2.24, 2.45) is 11.8 Å². The van der Waals surface area contributed by atoms with Gasteiger partial charge in [0.1, 0.15) is 6.04 Å². The highest BCUT2D eigenvalue weighted by Gasteiger charge is 2.31. The molecule has 1 fully saturated rings. The first-order valence-corrected chi connectivity index (χ1v) is 7.85. The van der Waals surface area contributed by atoms with Gasteiger partial charge in [-0.3, -0.25) is 4.79 Å². The van der Waals surface area contributed by atoms with Crippen molar-refractivity contribution in [2.75, 3.05) is 19.6 Å². The van der Waals surface area contributed by atoms with Crippen LogP contribution in [-0.2, 0) is 4.79 Å². The third-order valence-electron chi connectivity index (χ3n) is 4.25. The summed E-state index contributed by atoms with van der Waals surface area (Å²) in [5, 5.41) is 2.55. The molecule has 1 aliphatic heterocycles. The topological polar surface area (TPSA) is 32.3 Å². The van der Waals surface area contributed by atoms with Crippen LogP contribution in [0.4, 0.5) is 8.78 Å². The fourth-order valence-corrected chi connectivity index (χ4v) is 2.65. The molecule has 0 aromatic heterocycles. The zero-order valence-electron chi connectivity index (χ0n) is 13.1. The van der Waals surface area contributed by atoms with Crippen LogP contribution in [0.2, 0.25) is 0 Å². The average molecular weight is 310 g/mol. The molecule has 0 unspecified atom stereocenters. The first-order valence-electron chi connectivity index (χ1n) is 7.85. The van der Waals surface area contributed by atoms with Crippen LogP contribution in [0, 0.1) is 11.8 Å². The monoisotopic (exact) mass is 310 g/mol. The van der Waals surface area contributed by atoms with Gasteiger partial charge >= 0.3 is 0 Å². The van der Waals surface area contributed by atoms with Crippen molar-refractivity contribution in [3.05, 3.63) is 35.9 Å². The number of benzene rings is 1. The van der Waals surface area contributed by atoms with Gasteiger partial charge in [-0.05, 0) is 31.0 Å². The third-order valence-corrected chi connectivity index (χ3v) is 4.25. The minimum absolute atomic E-state index is 0.120. The Morgan fingerprint density at radius 1 is 1.23 bits per heavy atom. The number of carbonyl (C=O) groups is 1. The molecule has 0 bridgehead atoms. The van der Waals surface area contributed by atoms with E-state index in [0.717, 1.165) is 19.5 Å². The standard InChI is InChI=1S/C17H24F2N2O/c1-12(2)14(11-21-9-6-10-21)17(22)20-15(16(18)19)13-7-4-3-5-8-13/h3-5,7-8,12,14-16H,6,9-11H2,1-2H3,(H,20,22)/t14-,15+/m1/s1.